The highest BCUT2D eigenvalue weighted by Gasteiger charge is 2.13. The van der Waals surface area contributed by atoms with Crippen LogP contribution in [0.4, 0.5) is 0 Å². The van der Waals surface area contributed by atoms with E-state index in [1.165, 1.54) is 0 Å². The second-order valence-corrected chi connectivity index (χ2v) is 3.87. The van der Waals surface area contributed by atoms with E-state index in [0.29, 0.717) is 12.5 Å². The van der Waals surface area contributed by atoms with Crippen molar-refractivity contribution >= 4 is 5.97 Å². The second kappa shape index (κ2) is 6.79. The zero-order valence-electron chi connectivity index (χ0n) is 9.32. The Bertz CT molecular complexity index is 168. The molecule has 4 nitrogen and oxygen atoms in total. The molecule has 0 bridgehead atoms. The first kappa shape index (κ1) is 13.4. The van der Waals surface area contributed by atoms with Crippen LogP contribution in [0.15, 0.2) is 0 Å². The molecular formula is C10H20O4. The van der Waals surface area contributed by atoms with Crippen LogP contribution in [0.5, 0.6) is 0 Å². The third-order valence-corrected chi connectivity index (χ3v) is 1.67. The predicted octanol–water partition coefficient (Wildman–Crippen LogP) is 1.74. The number of hydrogen-bond donors (Lipinski definition) is 1. The van der Waals surface area contributed by atoms with Gasteiger partial charge in [-0.25, -0.2) is 0 Å². The number of ether oxygens (including phenoxy) is 2. The minimum Gasteiger partial charge on any atom is -0.481 e. The predicted molar refractivity (Wildman–Crippen MR) is 53.0 cm³/mol. The van der Waals surface area contributed by atoms with Crippen LogP contribution in [-0.4, -0.2) is 30.6 Å². The third-order valence-electron chi connectivity index (χ3n) is 1.67. The smallest absolute Gasteiger partial charge is 0.308 e. The quantitative estimate of drug-likeness (QED) is 0.642. The van der Waals surface area contributed by atoms with Crippen LogP contribution in [0, 0.1) is 11.8 Å². The van der Waals surface area contributed by atoms with Gasteiger partial charge in [0.15, 0.2) is 6.29 Å². The maximum Gasteiger partial charge on any atom is 0.308 e. The van der Waals surface area contributed by atoms with Crippen LogP contribution in [0.3, 0.4) is 0 Å². The van der Waals surface area contributed by atoms with E-state index in [9.17, 15) is 4.79 Å². The van der Waals surface area contributed by atoms with Gasteiger partial charge in [0.2, 0.25) is 0 Å². The van der Waals surface area contributed by atoms with Crippen LogP contribution in [-0.2, 0) is 14.3 Å². The van der Waals surface area contributed by atoms with Crippen LogP contribution >= 0.6 is 0 Å². The maximum atomic E-state index is 10.5. The van der Waals surface area contributed by atoms with Gasteiger partial charge in [0.25, 0.3) is 0 Å². The molecule has 0 saturated carbocycles. The average molecular weight is 204 g/mol. The van der Waals surface area contributed by atoms with E-state index in [4.69, 9.17) is 14.6 Å². The average Bonchev–Trinajstić information content (AvgIpc) is 2.10. The number of carbonyl (C=O) groups is 1. The third kappa shape index (κ3) is 6.86. The number of carboxylic acids is 1. The Kier molecular flexibility index (Phi) is 6.49. The van der Waals surface area contributed by atoms with E-state index in [0.717, 1.165) is 0 Å². The summed E-state index contributed by atoms with van der Waals surface area (Å²) in [5.74, 6) is -0.876. The van der Waals surface area contributed by atoms with Gasteiger partial charge in [-0.15, -0.1) is 0 Å². The molecule has 0 aliphatic rings. The summed E-state index contributed by atoms with van der Waals surface area (Å²) in [6, 6.07) is 0. The lowest BCUT2D eigenvalue weighted by Crippen LogP contribution is -2.22. The molecule has 0 rings (SSSR count). The number of hydrogen-bond acceptors (Lipinski definition) is 3. The largest absolute Gasteiger partial charge is 0.481 e. The van der Waals surface area contributed by atoms with E-state index in [1.807, 2.05) is 13.8 Å². The molecule has 0 saturated heterocycles. The standard InChI is InChI=1S/C10H20O4/c1-7(2)5-13-9(4)14-6-8(3)10(11)12/h7-9H,5-6H2,1-4H3,(H,11,12)/t8?,9-/m0/s1. The van der Waals surface area contributed by atoms with Crippen molar-refractivity contribution in [2.75, 3.05) is 13.2 Å². The van der Waals surface area contributed by atoms with Crippen molar-refractivity contribution in [3.63, 3.8) is 0 Å². The molecule has 0 heterocycles. The monoisotopic (exact) mass is 204 g/mol. The van der Waals surface area contributed by atoms with Crippen molar-refractivity contribution in [1.82, 2.24) is 0 Å². The molecule has 4 heteroatoms. The normalized spacial score (nSPS) is 15.5. The summed E-state index contributed by atoms with van der Waals surface area (Å²) in [6.07, 6.45) is -0.334. The first-order valence-electron chi connectivity index (χ1n) is 4.89. The molecule has 0 fully saturated rings. The van der Waals surface area contributed by atoms with Crippen molar-refractivity contribution in [1.29, 1.82) is 0 Å². The van der Waals surface area contributed by atoms with Crippen LogP contribution in [0.2, 0.25) is 0 Å². The van der Waals surface area contributed by atoms with Crippen LogP contribution in [0.25, 0.3) is 0 Å². The highest BCUT2D eigenvalue weighted by atomic mass is 16.7. The topological polar surface area (TPSA) is 55.8 Å². The zero-order chi connectivity index (χ0) is 11.1. The fraction of sp³-hybridized carbons (Fsp3) is 0.900. The number of carboxylic acid groups (broad SMARTS) is 1. The first-order valence-corrected chi connectivity index (χ1v) is 4.89. The van der Waals surface area contributed by atoms with E-state index in [-0.39, 0.29) is 12.9 Å². The molecule has 0 aromatic carbocycles. The SMILES string of the molecule is CC(C)CO[C@H](C)OCC(C)C(=O)O. The van der Waals surface area contributed by atoms with Crippen molar-refractivity contribution in [2.45, 2.75) is 34.0 Å². The summed E-state index contributed by atoms with van der Waals surface area (Å²) < 4.78 is 10.5. The summed E-state index contributed by atoms with van der Waals surface area (Å²) in [5.41, 5.74) is 0. The molecule has 0 aliphatic heterocycles. The van der Waals surface area contributed by atoms with E-state index in [1.54, 1.807) is 13.8 Å². The Morgan fingerprint density at radius 3 is 2.07 bits per heavy atom. The Hall–Kier alpha value is -0.610. The van der Waals surface area contributed by atoms with Crippen LogP contribution < -0.4 is 0 Å². The molecule has 14 heavy (non-hydrogen) atoms. The van der Waals surface area contributed by atoms with Gasteiger partial charge in [-0.3, -0.25) is 4.79 Å². The molecule has 0 spiro atoms. The molecule has 0 aliphatic carbocycles. The van der Waals surface area contributed by atoms with Gasteiger partial charge in [0.1, 0.15) is 0 Å². The van der Waals surface area contributed by atoms with Gasteiger partial charge >= 0.3 is 5.97 Å². The van der Waals surface area contributed by atoms with Crippen LogP contribution in [0.1, 0.15) is 27.7 Å². The highest BCUT2D eigenvalue weighted by Crippen LogP contribution is 2.03. The fourth-order valence-electron chi connectivity index (χ4n) is 0.727. The van der Waals surface area contributed by atoms with Gasteiger partial charge in [0, 0.05) is 0 Å². The van der Waals surface area contributed by atoms with Gasteiger partial charge in [-0.2, -0.15) is 0 Å². The lowest BCUT2D eigenvalue weighted by molar-refractivity contribution is -0.158. The summed E-state index contributed by atoms with van der Waals surface area (Å²) in [4.78, 5) is 10.5. The van der Waals surface area contributed by atoms with Gasteiger partial charge in [0.05, 0.1) is 19.1 Å². The zero-order valence-corrected chi connectivity index (χ0v) is 9.32. The molecule has 0 aromatic heterocycles. The molecule has 1 unspecified atom stereocenters. The molecule has 84 valence electrons. The van der Waals surface area contributed by atoms with Gasteiger partial charge < -0.3 is 14.6 Å². The Morgan fingerprint density at radius 1 is 1.14 bits per heavy atom. The Morgan fingerprint density at radius 2 is 1.64 bits per heavy atom. The van der Waals surface area contributed by atoms with Gasteiger partial charge in [-0.05, 0) is 19.8 Å². The highest BCUT2D eigenvalue weighted by molar-refractivity contribution is 5.69. The lowest BCUT2D eigenvalue weighted by atomic mass is 10.2. The summed E-state index contributed by atoms with van der Waals surface area (Å²) in [7, 11) is 0. The van der Waals surface area contributed by atoms with Gasteiger partial charge in [-0.1, -0.05) is 13.8 Å². The fourth-order valence-corrected chi connectivity index (χ4v) is 0.727. The van der Waals surface area contributed by atoms with E-state index < -0.39 is 11.9 Å². The maximum absolute atomic E-state index is 10.5. The van der Waals surface area contributed by atoms with Crippen molar-refractivity contribution in [3.05, 3.63) is 0 Å². The Labute approximate surface area is 85.2 Å². The summed E-state index contributed by atoms with van der Waals surface area (Å²) in [6.45, 7) is 8.30. The molecular weight excluding hydrogens is 184 g/mol. The number of aliphatic carboxylic acids is 1. The van der Waals surface area contributed by atoms with E-state index >= 15 is 0 Å². The first-order chi connectivity index (χ1) is 6.43. The molecule has 2 atom stereocenters. The second-order valence-electron chi connectivity index (χ2n) is 3.87. The molecule has 0 radical (unpaired) electrons. The number of rotatable bonds is 7. The molecule has 1 N–H and O–H groups in total. The molecule has 0 amide bonds. The minimum absolute atomic E-state index is 0.189. The summed E-state index contributed by atoms with van der Waals surface area (Å²) in [5, 5.41) is 8.59. The van der Waals surface area contributed by atoms with Crippen molar-refractivity contribution in [3.8, 4) is 0 Å². The van der Waals surface area contributed by atoms with Crippen molar-refractivity contribution < 1.29 is 19.4 Å². The lowest BCUT2D eigenvalue weighted by Gasteiger charge is -2.16. The Balaban J connectivity index is 3.53. The molecule has 0 aromatic rings. The van der Waals surface area contributed by atoms with E-state index in [2.05, 4.69) is 0 Å². The van der Waals surface area contributed by atoms with Crippen molar-refractivity contribution in [2.24, 2.45) is 11.8 Å². The minimum atomic E-state index is -0.846. The summed E-state index contributed by atoms with van der Waals surface area (Å²) >= 11 is 0.